The first-order chi connectivity index (χ1) is 6.46. The van der Waals surface area contributed by atoms with E-state index in [0.717, 1.165) is 19.0 Å². The van der Waals surface area contributed by atoms with E-state index in [9.17, 15) is 0 Å². The molecule has 0 aromatic heterocycles. The summed E-state index contributed by atoms with van der Waals surface area (Å²) in [7, 11) is 2.19. The minimum Gasteiger partial charge on any atom is -0.329 e. The summed E-state index contributed by atoms with van der Waals surface area (Å²) in [5.41, 5.74) is 6.08. The first kappa shape index (κ1) is 13.9. The van der Waals surface area contributed by atoms with Crippen LogP contribution in [-0.4, -0.2) is 30.6 Å². The fraction of sp³-hybridized carbons (Fsp3) is 1.00. The maximum Gasteiger partial charge on any atom is 0.0300 e. The molecule has 0 aromatic carbocycles. The molecule has 86 valence electrons. The standard InChI is InChI=1S/C12H28N2/c1-6-9-14(5)12(4,10-13)8-7-11(2)3/h11H,6-10,13H2,1-5H3. The molecule has 0 saturated carbocycles. The lowest BCUT2D eigenvalue weighted by Gasteiger charge is -2.38. The summed E-state index contributed by atoms with van der Waals surface area (Å²) >= 11 is 0. The lowest BCUT2D eigenvalue weighted by molar-refractivity contribution is 0.127. The van der Waals surface area contributed by atoms with Gasteiger partial charge in [-0.05, 0) is 45.7 Å². The zero-order valence-electron chi connectivity index (χ0n) is 10.6. The van der Waals surface area contributed by atoms with E-state index in [1.165, 1.54) is 19.3 Å². The summed E-state index contributed by atoms with van der Waals surface area (Å²) in [6.07, 6.45) is 3.67. The van der Waals surface area contributed by atoms with Crippen LogP contribution in [0.3, 0.4) is 0 Å². The van der Waals surface area contributed by atoms with E-state index in [1.807, 2.05) is 0 Å². The monoisotopic (exact) mass is 200 g/mol. The van der Waals surface area contributed by atoms with E-state index < -0.39 is 0 Å². The molecule has 0 fully saturated rings. The number of rotatable bonds is 7. The summed E-state index contributed by atoms with van der Waals surface area (Å²) in [5, 5.41) is 0. The van der Waals surface area contributed by atoms with Crippen LogP contribution in [0.15, 0.2) is 0 Å². The fourth-order valence-corrected chi connectivity index (χ4v) is 1.65. The van der Waals surface area contributed by atoms with E-state index >= 15 is 0 Å². The van der Waals surface area contributed by atoms with Gasteiger partial charge in [-0.1, -0.05) is 20.8 Å². The molecule has 2 nitrogen and oxygen atoms in total. The van der Waals surface area contributed by atoms with Gasteiger partial charge in [0, 0.05) is 12.1 Å². The Morgan fingerprint density at radius 1 is 1.36 bits per heavy atom. The van der Waals surface area contributed by atoms with E-state index in [1.54, 1.807) is 0 Å². The van der Waals surface area contributed by atoms with Crippen molar-refractivity contribution in [2.24, 2.45) is 11.7 Å². The lowest BCUT2D eigenvalue weighted by atomic mass is 9.90. The molecule has 0 radical (unpaired) electrons. The van der Waals surface area contributed by atoms with Gasteiger partial charge in [0.05, 0.1) is 0 Å². The van der Waals surface area contributed by atoms with Crippen LogP contribution in [0.25, 0.3) is 0 Å². The van der Waals surface area contributed by atoms with Gasteiger partial charge in [0.25, 0.3) is 0 Å². The van der Waals surface area contributed by atoms with Crippen molar-refractivity contribution in [3.05, 3.63) is 0 Å². The van der Waals surface area contributed by atoms with Gasteiger partial charge in [-0.3, -0.25) is 4.90 Å². The highest BCUT2D eigenvalue weighted by Crippen LogP contribution is 2.21. The van der Waals surface area contributed by atoms with E-state index in [4.69, 9.17) is 5.73 Å². The van der Waals surface area contributed by atoms with Gasteiger partial charge in [0.1, 0.15) is 0 Å². The third-order valence-electron chi connectivity index (χ3n) is 3.18. The van der Waals surface area contributed by atoms with Crippen LogP contribution in [0.4, 0.5) is 0 Å². The zero-order chi connectivity index (χ0) is 11.2. The first-order valence-electron chi connectivity index (χ1n) is 5.87. The van der Waals surface area contributed by atoms with Crippen molar-refractivity contribution in [3.8, 4) is 0 Å². The molecule has 0 amide bonds. The molecular weight excluding hydrogens is 172 g/mol. The molecule has 0 heterocycles. The van der Waals surface area contributed by atoms with Crippen LogP contribution >= 0.6 is 0 Å². The highest BCUT2D eigenvalue weighted by Gasteiger charge is 2.26. The molecule has 1 unspecified atom stereocenters. The molecule has 0 aliphatic carbocycles. The van der Waals surface area contributed by atoms with Gasteiger partial charge >= 0.3 is 0 Å². The van der Waals surface area contributed by atoms with Crippen LogP contribution in [0.5, 0.6) is 0 Å². The summed E-state index contributed by atoms with van der Waals surface area (Å²) < 4.78 is 0. The van der Waals surface area contributed by atoms with Crippen LogP contribution < -0.4 is 5.73 Å². The maximum atomic E-state index is 5.88. The SMILES string of the molecule is CCCN(C)C(C)(CN)CCC(C)C. The Hall–Kier alpha value is -0.0800. The predicted octanol–water partition coefficient (Wildman–Crippen LogP) is 2.48. The quantitative estimate of drug-likeness (QED) is 0.684. The van der Waals surface area contributed by atoms with Crippen molar-refractivity contribution in [1.29, 1.82) is 0 Å². The fourth-order valence-electron chi connectivity index (χ4n) is 1.65. The van der Waals surface area contributed by atoms with E-state index in [2.05, 4.69) is 39.6 Å². The van der Waals surface area contributed by atoms with Crippen molar-refractivity contribution in [2.45, 2.75) is 52.5 Å². The van der Waals surface area contributed by atoms with E-state index in [0.29, 0.717) is 0 Å². The summed E-state index contributed by atoms with van der Waals surface area (Å²) in [6, 6.07) is 0. The van der Waals surface area contributed by atoms with Gasteiger partial charge in [-0.25, -0.2) is 0 Å². The minimum absolute atomic E-state index is 0.195. The average molecular weight is 200 g/mol. The molecule has 0 spiro atoms. The molecule has 2 N–H and O–H groups in total. The highest BCUT2D eigenvalue weighted by molar-refractivity contribution is 4.85. The smallest absolute Gasteiger partial charge is 0.0300 e. The Balaban J connectivity index is 4.15. The van der Waals surface area contributed by atoms with Crippen LogP contribution in [0.2, 0.25) is 0 Å². The van der Waals surface area contributed by atoms with Gasteiger partial charge in [-0.15, -0.1) is 0 Å². The summed E-state index contributed by atoms with van der Waals surface area (Å²) in [4.78, 5) is 2.41. The maximum absolute atomic E-state index is 5.88. The van der Waals surface area contributed by atoms with Crippen molar-refractivity contribution in [2.75, 3.05) is 20.1 Å². The first-order valence-corrected chi connectivity index (χ1v) is 5.87. The summed E-state index contributed by atoms with van der Waals surface area (Å²) in [6.45, 7) is 11.0. The van der Waals surface area contributed by atoms with Gasteiger partial charge in [0.15, 0.2) is 0 Å². The second-order valence-electron chi connectivity index (χ2n) is 5.06. The molecule has 0 rings (SSSR count). The summed E-state index contributed by atoms with van der Waals surface area (Å²) in [5.74, 6) is 0.774. The second-order valence-corrected chi connectivity index (χ2v) is 5.06. The minimum atomic E-state index is 0.195. The largest absolute Gasteiger partial charge is 0.329 e. The number of likely N-dealkylation sites (N-methyl/N-ethyl adjacent to an activating group) is 1. The third kappa shape index (κ3) is 4.43. The topological polar surface area (TPSA) is 29.3 Å². The number of nitrogens with zero attached hydrogens (tertiary/aromatic N) is 1. The number of nitrogens with two attached hydrogens (primary N) is 1. The highest BCUT2D eigenvalue weighted by atomic mass is 15.2. The molecule has 1 atom stereocenters. The molecule has 14 heavy (non-hydrogen) atoms. The Labute approximate surface area is 89.9 Å². The molecule has 0 aliphatic rings. The van der Waals surface area contributed by atoms with Crippen molar-refractivity contribution in [3.63, 3.8) is 0 Å². The number of hydrogen-bond acceptors (Lipinski definition) is 2. The molecule has 0 aliphatic heterocycles. The average Bonchev–Trinajstić information content (AvgIpc) is 2.14. The molecular formula is C12H28N2. The molecule has 0 aromatic rings. The number of hydrogen-bond donors (Lipinski definition) is 1. The third-order valence-corrected chi connectivity index (χ3v) is 3.18. The van der Waals surface area contributed by atoms with Crippen LogP contribution in [-0.2, 0) is 0 Å². The molecule has 0 bridgehead atoms. The van der Waals surface area contributed by atoms with Crippen molar-refractivity contribution in [1.82, 2.24) is 4.90 Å². The predicted molar refractivity (Wildman–Crippen MR) is 64.5 cm³/mol. The van der Waals surface area contributed by atoms with Gasteiger partial charge in [0.2, 0.25) is 0 Å². The van der Waals surface area contributed by atoms with Crippen LogP contribution in [0, 0.1) is 5.92 Å². The molecule has 0 saturated heterocycles. The van der Waals surface area contributed by atoms with Crippen molar-refractivity contribution >= 4 is 0 Å². The zero-order valence-corrected chi connectivity index (χ0v) is 10.6. The van der Waals surface area contributed by atoms with Gasteiger partial charge < -0.3 is 5.73 Å². The Morgan fingerprint density at radius 3 is 2.29 bits per heavy atom. The Bertz CT molecular complexity index is 145. The second kappa shape index (κ2) is 6.41. The van der Waals surface area contributed by atoms with Gasteiger partial charge in [-0.2, -0.15) is 0 Å². The van der Waals surface area contributed by atoms with Crippen molar-refractivity contribution < 1.29 is 0 Å². The Kier molecular flexibility index (Phi) is 6.38. The van der Waals surface area contributed by atoms with Crippen LogP contribution in [0.1, 0.15) is 47.0 Å². The lowest BCUT2D eigenvalue weighted by Crippen LogP contribution is -2.50. The Morgan fingerprint density at radius 2 is 1.93 bits per heavy atom. The normalized spacial score (nSPS) is 16.3. The molecule has 2 heteroatoms. The van der Waals surface area contributed by atoms with E-state index in [-0.39, 0.29) is 5.54 Å².